The lowest BCUT2D eigenvalue weighted by Crippen LogP contribution is -2.39. The van der Waals surface area contributed by atoms with Gasteiger partial charge in [0.1, 0.15) is 6.54 Å². The molecule has 1 amide bonds. The van der Waals surface area contributed by atoms with Crippen molar-refractivity contribution in [1.82, 2.24) is 15.2 Å². The summed E-state index contributed by atoms with van der Waals surface area (Å²) in [6.07, 6.45) is 2.41. The number of para-hydroxylation sites is 1. The van der Waals surface area contributed by atoms with Crippen molar-refractivity contribution in [3.05, 3.63) is 75.5 Å². The maximum absolute atomic E-state index is 12.3. The predicted octanol–water partition coefficient (Wildman–Crippen LogP) is 3.51. The predicted molar refractivity (Wildman–Crippen MR) is 125 cm³/mol. The third-order valence-corrected chi connectivity index (χ3v) is 6.20. The maximum atomic E-state index is 12.3. The molecule has 0 spiro atoms. The van der Waals surface area contributed by atoms with E-state index in [0.717, 1.165) is 21.9 Å². The molecule has 0 aliphatic carbocycles. The van der Waals surface area contributed by atoms with Crippen molar-refractivity contribution in [2.24, 2.45) is 5.10 Å². The molecule has 1 aromatic heterocycles. The Morgan fingerprint density at radius 3 is 2.61 bits per heavy atom. The minimum absolute atomic E-state index is 0.228. The number of nitrogens with one attached hydrogen (secondary N) is 1. The summed E-state index contributed by atoms with van der Waals surface area (Å²) in [6, 6.07) is 16.1. The Morgan fingerprint density at radius 2 is 1.97 bits per heavy atom. The fraction of sp³-hybridized carbons (Fsp3) is 0.150. The maximum Gasteiger partial charge on any atom is 0.260 e. The molecular weight excluding hydrogens is 506 g/mol. The molecule has 11 heteroatoms. The topological polar surface area (TPSA) is 96.7 Å². The van der Waals surface area contributed by atoms with Crippen LogP contribution in [0.3, 0.4) is 0 Å². The van der Waals surface area contributed by atoms with Crippen LogP contribution < -0.4 is 9.73 Å². The largest absolute Gasteiger partial charge is 0.271 e. The molecule has 0 saturated carbocycles. The molecule has 0 radical (unpaired) electrons. The van der Waals surface area contributed by atoms with E-state index in [1.54, 1.807) is 28.9 Å². The van der Waals surface area contributed by atoms with Gasteiger partial charge in [-0.2, -0.15) is 10.2 Å². The van der Waals surface area contributed by atoms with Gasteiger partial charge in [-0.1, -0.05) is 51.8 Å². The van der Waals surface area contributed by atoms with E-state index in [0.29, 0.717) is 15.7 Å². The Morgan fingerprint density at radius 1 is 1.26 bits per heavy atom. The first-order valence-electron chi connectivity index (χ1n) is 9.02. The second kappa shape index (κ2) is 9.63. The molecule has 0 bridgehead atoms. The molecular formula is C20H19BrClN5O3S. The first-order valence-corrected chi connectivity index (χ1v) is 12.0. The summed E-state index contributed by atoms with van der Waals surface area (Å²) in [5.74, 6) is -0.606. The number of anilines is 1. The average Bonchev–Trinajstić information content (AvgIpc) is 3.00. The van der Waals surface area contributed by atoms with Gasteiger partial charge in [0, 0.05) is 4.47 Å². The first kappa shape index (κ1) is 23.0. The zero-order valence-electron chi connectivity index (χ0n) is 16.7. The standard InChI is InChI=1S/C20H19BrClN5O3S/c1-14-18(20(22)25-27(14)16-8-4-3-5-9-16)12-23-24-19(28)13-26(31(2,29)30)17-10-6-7-15(21)11-17/h3-12H,13H2,1-2H3,(H,24,28)/b23-12-. The molecule has 0 aliphatic heterocycles. The van der Waals surface area contributed by atoms with Gasteiger partial charge in [0.2, 0.25) is 10.0 Å². The summed E-state index contributed by atoms with van der Waals surface area (Å²) in [6.45, 7) is 1.40. The van der Waals surface area contributed by atoms with Crippen molar-refractivity contribution in [3.63, 3.8) is 0 Å². The lowest BCUT2D eigenvalue weighted by Gasteiger charge is -2.21. The third-order valence-electron chi connectivity index (χ3n) is 4.28. The highest BCUT2D eigenvalue weighted by atomic mass is 79.9. The number of halogens is 2. The van der Waals surface area contributed by atoms with Gasteiger partial charge in [-0.15, -0.1) is 0 Å². The van der Waals surface area contributed by atoms with Gasteiger partial charge in [-0.3, -0.25) is 9.10 Å². The van der Waals surface area contributed by atoms with Crippen LogP contribution in [0.4, 0.5) is 5.69 Å². The lowest BCUT2D eigenvalue weighted by atomic mass is 10.2. The van der Waals surface area contributed by atoms with Gasteiger partial charge in [0.05, 0.1) is 35.1 Å². The van der Waals surface area contributed by atoms with Crippen molar-refractivity contribution >= 4 is 55.4 Å². The Kier molecular flexibility index (Phi) is 7.14. The summed E-state index contributed by atoms with van der Waals surface area (Å²) in [5.41, 5.74) is 4.81. The van der Waals surface area contributed by atoms with Gasteiger partial charge in [-0.05, 0) is 37.3 Å². The number of rotatable bonds is 7. The lowest BCUT2D eigenvalue weighted by molar-refractivity contribution is -0.119. The van der Waals surface area contributed by atoms with Crippen LogP contribution in [0.1, 0.15) is 11.3 Å². The zero-order chi connectivity index (χ0) is 22.6. The number of sulfonamides is 1. The monoisotopic (exact) mass is 523 g/mol. The molecule has 162 valence electrons. The highest BCUT2D eigenvalue weighted by molar-refractivity contribution is 9.10. The van der Waals surface area contributed by atoms with Crippen LogP contribution >= 0.6 is 27.5 Å². The molecule has 0 unspecified atom stereocenters. The van der Waals surface area contributed by atoms with E-state index in [2.05, 4.69) is 31.6 Å². The van der Waals surface area contributed by atoms with E-state index in [1.165, 1.54) is 6.21 Å². The minimum atomic E-state index is -3.68. The molecule has 2 aromatic carbocycles. The highest BCUT2D eigenvalue weighted by Crippen LogP contribution is 2.22. The molecule has 3 rings (SSSR count). The minimum Gasteiger partial charge on any atom is -0.271 e. The zero-order valence-corrected chi connectivity index (χ0v) is 19.8. The number of carbonyl (C=O) groups is 1. The molecule has 3 aromatic rings. The molecule has 8 nitrogen and oxygen atoms in total. The summed E-state index contributed by atoms with van der Waals surface area (Å²) in [4.78, 5) is 12.3. The van der Waals surface area contributed by atoms with E-state index < -0.39 is 22.5 Å². The van der Waals surface area contributed by atoms with Crippen LogP contribution in [0.2, 0.25) is 5.15 Å². The molecule has 0 saturated heterocycles. The molecule has 31 heavy (non-hydrogen) atoms. The number of hydrazone groups is 1. The fourth-order valence-electron chi connectivity index (χ4n) is 2.81. The number of hydrogen-bond donors (Lipinski definition) is 1. The van der Waals surface area contributed by atoms with E-state index in [1.807, 2.05) is 37.3 Å². The van der Waals surface area contributed by atoms with Gasteiger partial charge in [0.15, 0.2) is 5.15 Å². The number of benzene rings is 2. The Bertz CT molecular complexity index is 1230. The van der Waals surface area contributed by atoms with Crippen molar-refractivity contribution in [2.75, 3.05) is 17.1 Å². The summed E-state index contributed by atoms with van der Waals surface area (Å²) in [5, 5.41) is 8.44. The third kappa shape index (κ3) is 5.72. The van der Waals surface area contributed by atoms with Gasteiger partial charge in [0.25, 0.3) is 5.91 Å². The molecule has 0 atom stereocenters. The SMILES string of the molecule is Cc1c(/C=N\NC(=O)CN(c2cccc(Br)c2)S(C)(=O)=O)c(Cl)nn1-c1ccccc1. The number of nitrogens with zero attached hydrogens (tertiary/aromatic N) is 4. The van der Waals surface area contributed by atoms with Gasteiger partial charge in [-0.25, -0.2) is 18.5 Å². The quantitative estimate of drug-likeness (QED) is 0.378. The van der Waals surface area contributed by atoms with Crippen LogP contribution in [-0.4, -0.2) is 43.1 Å². The number of aromatic nitrogens is 2. The second-order valence-corrected chi connectivity index (χ2v) is 9.76. The van der Waals surface area contributed by atoms with Crippen molar-refractivity contribution in [1.29, 1.82) is 0 Å². The number of hydrogen-bond acceptors (Lipinski definition) is 5. The van der Waals surface area contributed by atoms with Crippen molar-refractivity contribution in [2.45, 2.75) is 6.92 Å². The van der Waals surface area contributed by atoms with Gasteiger partial charge < -0.3 is 0 Å². The summed E-state index contributed by atoms with van der Waals surface area (Å²) in [7, 11) is -3.68. The second-order valence-electron chi connectivity index (χ2n) is 6.58. The normalized spacial score (nSPS) is 11.6. The van der Waals surface area contributed by atoms with E-state index in [9.17, 15) is 13.2 Å². The Hall–Kier alpha value is -2.69. The fourth-order valence-corrected chi connectivity index (χ4v) is 4.31. The van der Waals surface area contributed by atoms with Crippen LogP contribution in [0.25, 0.3) is 5.69 Å². The van der Waals surface area contributed by atoms with Crippen molar-refractivity contribution < 1.29 is 13.2 Å². The number of amides is 1. The summed E-state index contributed by atoms with van der Waals surface area (Å²) >= 11 is 9.52. The summed E-state index contributed by atoms with van der Waals surface area (Å²) < 4.78 is 27.7. The number of carbonyl (C=O) groups excluding carboxylic acids is 1. The van der Waals surface area contributed by atoms with Crippen LogP contribution in [0, 0.1) is 6.92 Å². The van der Waals surface area contributed by atoms with Crippen LogP contribution in [0.5, 0.6) is 0 Å². The van der Waals surface area contributed by atoms with Crippen LogP contribution in [-0.2, 0) is 14.8 Å². The Labute approximate surface area is 193 Å². The average molecular weight is 525 g/mol. The smallest absolute Gasteiger partial charge is 0.260 e. The van der Waals surface area contributed by atoms with E-state index in [-0.39, 0.29) is 5.15 Å². The molecule has 1 N–H and O–H groups in total. The van der Waals surface area contributed by atoms with Crippen molar-refractivity contribution in [3.8, 4) is 5.69 Å². The van der Waals surface area contributed by atoms with Crippen LogP contribution in [0.15, 0.2) is 64.2 Å². The molecule has 0 aliphatic rings. The first-order chi connectivity index (χ1) is 14.7. The molecule has 0 fully saturated rings. The van der Waals surface area contributed by atoms with E-state index >= 15 is 0 Å². The Balaban J connectivity index is 1.74. The molecule has 1 heterocycles. The van der Waals surface area contributed by atoms with Gasteiger partial charge >= 0.3 is 0 Å². The van der Waals surface area contributed by atoms with E-state index in [4.69, 9.17) is 11.6 Å². The highest BCUT2D eigenvalue weighted by Gasteiger charge is 2.21.